The third-order valence-corrected chi connectivity index (χ3v) is 3.36. The van der Waals surface area contributed by atoms with Gasteiger partial charge >= 0.3 is 0 Å². The second-order valence-electron chi connectivity index (χ2n) is 3.46. The van der Waals surface area contributed by atoms with Crippen molar-refractivity contribution in [1.82, 2.24) is 9.88 Å². The summed E-state index contributed by atoms with van der Waals surface area (Å²) in [6, 6.07) is 0. The summed E-state index contributed by atoms with van der Waals surface area (Å²) in [6.07, 6.45) is 1.80. The maximum absolute atomic E-state index is 5.57. The van der Waals surface area contributed by atoms with Crippen LogP contribution in [0.1, 0.15) is 4.88 Å². The number of nitrogens with zero attached hydrogens (tertiary/aromatic N) is 2. The molecule has 0 aromatic carbocycles. The van der Waals surface area contributed by atoms with Gasteiger partial charge in [-0.25, -0.2) is 0 Å². The van der Waals surface area contributed by atoms with Gasteiger partial charge in [0.2, 0.25) is 0 Å². The van der Waals surface area contributed by atoms with Gasteiger partial charge in [-0.15, -0.1) is 11.3 Å². The Bertz CT molecular complexity index is 328. The highest BCUT2D eigenvalue weighted by Crippen LogP contribution is 2.13. The summed E-state index contributed by atoms with van der Waals surface area (Å²) >= 11 is 6.60. The Morgan fingerprint density at radius 1 is 1.80 bits per heavy atom. The van der Waals surface area contributed by atoms with Gasteiger partial charge in [-0.05, 0) is 0 Å². The molecule has 0 spiro atoms. The number of hydrogen-bond acceptors (Lipinski definition) is 5. The lowest BCUT2D eigenvalue weighted by Crippen LogP contribution is -2.47. The molecule has 1 unspecified atom stereocenters. The van der Waals surface area contributed by atoms with Gasteiger partial charge in [0, 0.05) is 30.7 Å². The van der Waals surface area contributed by atoms with Crippen LogP contribution in [0.3, 0.4) is 0 Å². The van der Waals surface area contributed by atoms with Crippen LogP contribution in [-0.2, 0) is 11.3 Å². The third-order valence-electron chi connectivity index (χ3n) is 2.33. The summed E-state index contributed by atoms with van der Waals surface area (Å²) in [6.45, 7) is 3.32. The third kappa shape index (κ3) is 2.94. The molecule has 0 bridgehead atoms. The van der Waals surface area contributed by atoms with Gasteiger partial charge < -0.3 is 10.5 Å². The first-order valence-corrected chi connectivity index (χ1v) is 6.05. The van der Waals surface area contributed by atoms with Gasteiger partial charge in [0.05, 0.1) is 12.1 Å². The maximum atomic E-state index is 5.57. The second-order valence-corrected chi connectivity index (χ2v) is 4.91. The first kappa shape index (κ1) is 10.9. The molecule has 0 saturated carbocycles. The quantitative estimate of drug-likeness (QED) is 0.789. The topological polar surface area (TPSA) is 51.4 Å². The Labute approximate surface area is 98.0 Å². The number of morpholine rings is 1. The van der Waals surface area contributed by atoms with Crippen molar-refractivity contribution in [3.63, 3.8) is 0 Å². The molecular weight excluding hydrogens is 230 g/mol. The van der Waals surface area contributed by atoms with Crippen LogP contribution in [0, 0.1) is 0 Å². The van der Waals surface area contributed by atoms with E-state index >= 15 is 0 Å². The highest BCUT2D eigenvalue weighted by molar-refractivity contribution is 7.80. The molecule has 1 fully saturated rings. The van der Waals surface area contributed by atoms with E-state index in [0.717, 1.165) is 19.6 Å². The monoisotopic (exact) mass is 243 g/mol. The van der Waals surface area contributed by atoms with E-state index in [0.29, 0.717) is 11.6 Å². The summed E-state index contributed by atoms with van der Waals surface area (Å²) in [5.41, 5.74) is 7.42. The highest BCUT2D eigenvalue weighted by atomic mass is 32.1. The van der Waals surface area contributed by atoms with E-state index in [9.17, 15) is 0 Å². The van der Waals surface area contributed by atoms with Gasteiger partial charge in [0.15, 0.2) is 0 Å². The van der Waals surface area contributed by atoms with Crippen LogP contribution in [0.4, 0.5) is 0 Å². The molecule has 0 aliphatic carbocycles. The van der Waals surface area contributed by atoms with Crippen molar-refractivity contribution < 1.29 is 4.74 Å². The molecule has 1 saturated heterocycles. The molecule has 2 rings (SSSR count). The van der Waals surface area contributed by atoms with E-state index in [2.05, 4.69) is 9.88 Å². The average molecular weight is 243 g/mol. The number of aromatic nitrogens is 1. The Morgan fingerprint density at radius 2 is 2.67 bits per heavy atom. The van der Waals surface area contributed by atoms with Crippen LogP contribution in [-0.4, -0.2) is 40.7 Å². The number of thiazole rings is 1. The molecule has 0 amide bonds. The van der Waals surface area contributed by atoms with E-state index in [1.165, 1.54) is 4.88 Å². The fourth-order valence-electron chi connectivity index (χ4n) is 1.56. The summed E-state index contributed by atoms with van der Waals surface area (Å²) in [4.78, 5) is 8.06. The minimum atomic E-state index is -0.0957. The molecular formula is C9H13N3OS2. The van der Waals surface area contributed by atoms with Crippen LogP contribution in [0.25, 0.3) is 0 Å². The van der Waals surface area contributed by atoms with Crippen LogP contribution < -0.4 is 5.73 Å². The van der Waals surface area contributed by atoms with Crippen LogP contribution in [0.5, 0.6) is 0 Å². The van der Waals surface area contributed by atoms with Crippen molar-refractivity contribution in [1.29, 1.82) is 0 Å². The average Bonchev–Trinajstić information content (AvgIpc) is 2.71. The van der Waals surface area contributed by atoms with Crippen molar-refractivity contribution in [2.75, 3.05) is 19.7 Å². The van der Waals surface area contributed by atoms with E-state index in [1.54, 1.807) is 11.3 Å². The molecule has 6 heteroatoms. The summed E-state index contributed by atoms with van der Waals surface area (Å²) in [7, 11) is 0. The molecule has 2 heterocycles. The number of thiocarbonyl (C=S) groups is 1. The van der Waals surface area contributed by atoms with Crippen molar-refractivity contribution >= 4 is 28.5 Å². The smallest absolute Gasteiger partial charge is 0.120 e. The zero-order valence-electron chi connectivity index (χ0n) is 8.26. The minimum Gasteiger partial charge on any atom is -0.391 e. The Hall–Kier alpha value is -0.560. The number of nitrogens with two attached hydrogens (primary N) is 1. The highest BCUT2D eigenvalue weighted by Gasteiger charge is 2.22. The summed E-state index contributed by atoms with van der Waals surface area (Å²) in [5.74, 6) is 0. The maximum Gasteiger partial charge on any atom is 0.120 e. The number of hydrogen-bond donors (Lipinski definition) is 1. The molecule has 1 aliphatic rings. The molecule has 1 aromatic heterocycles. The first-order chi connectivity index (χ1) is 7.25. The largest absolute Gasteiger partial charge is 0.391 e. The van der Waals surface area contributed by atoms with Gasteiger partial charge in [0.25, 0.3) is 0 Å². The zero-order valence-corrected chi connectivity index (χ0v) is 9.89. The Morgan fingerprint density at radius 3 is 3.33 bits per heavy atom. The molecule has 82 valence electrons. The number of ether oxygens (including phenoxy) is 1. The molecule has 1 aromatic rings. The van der Waals surface area contributed by atoms with Crippen molar-refractivity contribution in [3.05, 3.63) is 16.6 Å². The fraction of sp³-hybridized carbons (Fsp3) is 0.556. The second kappa shape index (κ2) is 4.98. The van der Waals surface area contributed by atoms with E-state index in [-0.39, 0.29) is 6.10 Å². The van der Waals surface area contributed by atoms with E-state index in [4.69, 9.17) is 22.7 Å². The molecule has 4 nitrogen and oxygen atoms in total. The Kier molecular flexibility index (Phi) is 3.63. The number of rotatable bonds is 3. The van der Waals surface area contributed by atoms with Crippen LogP contribution in [0.15, 0.2) is 11.7 Å². The van der Waals surface area contributed by atoms with Crippen molar-refractivity contribution in [3.8, 4) is 0 Å². The van der Waals surface area contributed by atoms with E-state index < -0.39 is 0 Å². The summed E-state index contributed by atoms with van der Waals surface area (Å²) < 4.78 is 5.47. The lowest BCUT2D eigenvalue weighted by Gasteiger charge is -2.31. The lowest BCUT2D eigenvalue weighted by atomic mass is 10.2. The standard InChI is InChI=1S/C9H13N3OS2/c10-9(14)8-5-12(1-2-13-8)4-7-3-11-6-15-7/h3,6,8H,1-2,4-5H2,(H2,10,14). The van der Waals surface area contributed by atoms with Gasteiger partial charge in [-0.3, -0.25) is 9.88 Å². The molecule has 1 aliphatic heterocycles. The predicted molar refractivity (Wildman–Crippen MR) is 63.9 cm³/mol. The normalized spacial score (nSPS) is 22.8. The SMILES string of the molecule is NC(=S)C1CN(Cc2cncs2)CCO1. The van der Waals surface area contributed by atoms with Crippen molar-refractivity contribution in [2.24, 2.45) is 5.73 Å². The van der Waals surface area contributed by atoms with Gasteiger partial charge in [-0.1, -0.05) is 12.2 Å². The molecule has 1 atom stereocenters. The van der Waals surface area contributed by atoms with E-state index in [1.807, 2.05) is 11.7 Å². The van der Waals surface area contributed by atoms with Gasteiger partial charge in [-0.2, -0.15) is 0 Å². The molecule has 15 heavy (non-hydrogen) atoms. The van der Waals surface area contributed by atoms with Gasteiger partial charge in [0.1, 0.15) is 11.1 Å². The predicted octanol–water partition coefficient (Wildman–Crippen LogP) is 0.630. The van der Waals surface area contributed by atoms with Crippen LogP contribution >= 0.6 is 23.6 Å². The van der Waals surface area contributed by atoms with Crippen molar-refractivity contribution in [2.45, 2.75) is 12.6 Å². The zero-order chi connectivity index (χ0) is 10.7. The van der Waals surface area contributed by atoms with Crippen LogP contribution in [0.2, 0.25) is 0 Å². The molecule has 2 N–H and O–H groups in total. The fourth-order valence-corrected chi connectivity index (χ4v) is 2.34. The summed E-state index contributed by atoms with van der Waals surface area (Å²) in [5, 5.41) is 0. The minimum absolute atomic E-state index is 0.0957. The first-order valence-electron chi connectivity index (χ1n) is 4.76. The Balaban J connectivity index is 1.90. The lowest BCUT2D eigenvalue weighted by molar-refractivity contribution is 0.00426. The molecule has 0 radical (unpaired) electrons.